The number of hydrogen-bond acceptors (Lipinski definition) is 2. The monoisotopic (exact) mass is 212 g/mol. The fourth-order valence-corrected chi connectivity index (χ4v) is 1.55. The summed E-state index contributed by atoms with van der Waals surface area (Å²) in [5.41, 5.74) is 0. The van der Waals surface area contributed by atoms with Crippen molar-refractivity contribution in [3.63, 3.8) is 0 Å². The van der Waals surface area contributed by atoms with Crippen molar-refractivity contribution in [2.45, 2.75) is 0 Å². The maximum Gasteiger partial charge on any atom is 0.201 e. The molecule has 2 rings (SSSR count). The third kappa shape index (κ3) is 1.75. The van der Waals surface area contributed by atoms with Crippen LogP contribution in [0.3, 0.4) is 0 Å². The Balaban J connectivity index is 2.29. The Hall–Kier alpha value is -1.42. The van der Waals surface area contributed by atoms with E-state index in [0.29, 0.717) is 5.75 Å². The Morgan fingerprint density at radius 1 is 1.14 bits per heavy atom. The zero-order valence-corrected chi connectivity index (χ0v) is 7.85. The molecule has 0 aliphatic heterocycles. The molecule has 1 aromatic carbocycles. The van der Waals surface area contributed by atoms with Crippen LogP contribution in [0.4, 0.5) is 8.78 Å². The maximum atomic E-state index is 13.1. The largest absolute Gasteiger partial charge is 0.453 e. The van der Waals surface area contributed by atoms with Crippen molar-refractivity contribution in [2.75, 3.05) is 0 Å². The minimum Gasteiger partial charge on any atom is -0.453 e. The Morgan fingerprint density at radius 3 is 2.71 bits per heavy atom. The van der Waals surface area contributed by atoms with Gasteiger partial charge < -0.3 is 4.74 Å². The summed E-state index contributed by atoms with van der Waals surface area (Å²) in [6, 6.07) is 5.53. The molecule has 0 aliphatic rings. The van der Waals surface area contributed by atoms with Crippen LogP contribution >= 0.6 is 11.3 Å². The van der Waals surface area contributed by atoms with E-state index in [4.69, 9.17) is 4.74 Å². The Kier molecular flexibility index (Phi) is 2.45. The zero-order chi connectivity index (χ0) is 9.97. The molecular formula is C10H6F2OS. The molecule has 0 aliphatic carbocycles. The van der Waals surface area contributed by atoms with Crippen LogP contribution < -0.4 is 4.74 Å². The summed E-state index contributed by atoms with van der Waals surface area (Å²) < 4.78 is 31.0. The van der Waals surface area contributed by atoms with Crippen LogP contribution in [0.25, 0.3) is 0 Å². The van der Waals surface area contributed by atoms with Crippen molar-refractivity contribution in [2.24, 2.45) is 0 Å². The Bertz CT molecular complexity index is 426. The van der Waals surface area contributed by atoms with Gasteiger partial charge in [0.2, 0.25) is 5.82 Å². The van der Waals surface area contributed by atoms with Gasteiger partial charge in [-0.3, -0.25) is 0 Å². The highest BCUT2D eigenvalue weighted by Crippen LogP contribution is 2.26. The van der Waals surface area contributed by atoms with E-state index in [2.05, 4.69) is 0 Å². The van der Waals surface area contributed by atoms with Gasteiger partial charge >= 0.3 is 0 Å². The van der Waals surface area contributed by atoms with E-state index >= 15 is 0 Å². The number of benzene rings is 1. The van der Waals surface area contributed by atoms with Crippen molar-refractivity contribution in [3.05, 3.63) is 46.7 Å². The average molecular weight is 212 g/mol. The number of halogens is 2. The normalized spacial score (nSPS) is 10.1. The molecule has 4 heteroatoms. The molecule has 1 nitrogen and oxygen atoms in total. The molecule has 0 N–H and O–H groups in total. The number of ether oxygens (including phenoxy) is 1. The highest BCUT2D eigenvalue weighted by atomic mass is 32.1. The molecule has 0 amide bonds. The molecule has 0 spiro atoms. The van der Waals surface area contributed by atoms with Crippen LogP contribution in [0.1, 0.15) is 0 Å². The second kappa shape index (κ2) is 3.75. The quantitative estimate of drug-likeness (QED) is 0.735. The van der Waals surface area contributed by atoms with Crippen LogP contribution in [0.5, 0.6) is 11.5 Å². The summed E-state index contributed by atoms with van der Waals surface area (Å²) in [6.07, 6.45) is 0. The van der Waals surface area contributed by atoms with Crippen LogP contribution in [-0.4, -0.2) is 0 Å². The first kappa shape index (κ1) is 9.15. The maximum absolute atomic E-state index is 13.1. The SMILES string of the molecule is Fc1cccc(Oc2ccsc2)c1F. The molecule has 0 radical (unpaired) electrons. The van der Waals surface area contributed by atoms with E-state index in [1.807, 2.05) is 0 Å². The van der Waals surface area contributed by atoms with Crippen LogP contribution in [0, 0.1) is 11.6 Å². The summed E-state index contributed by atoms with van der Waals surface area (Å²) in [5, 5.41) is 3.51. The highest BCUT2D eigenvalue weighted by molar-refractivity contribution is 7.08. The molecule has 14 heavy (non-hydrogen) atoms. The minimum atomic E-state index is -0.960. The number of hydrogen-bond donors (Lipinski definition) is 0. The molecule has 1 heterocycles. The molecule has 0 fully saturated rings. The fourth-order valence-electron chi connectivity index (χ4n) is 1.000. The minimum absolute atomic E-state index is 0.0941. The number of rotatable bonds is 2. The molecule has 0 atom stereocenters. The molecule has 0 saturated heterocycles. The van der Waals surface area contributed by atoms with Crippen molar-refractivity contribution >= 4 is 11.3 Å². The van der Waals surface area contributed by atoms with Gasteiger partial charge in [-0.1, -0.05) is 6.07 Å². The Labute approximate surface area is 83.6 Å². The first-order valence-electron chi connectivity index (χ1n) is 3.91. The lowest BCUT2D eigenvalue weighted by atomic mass is 10.3. The second-order valence-electron chi connectivity index (χ2n) is 2.61. The first-order chi connectivity index (χ1) is 6.77. The van der Waals surface area contributed by atoms with Crippen LogP contribution in [-0.2, 0) is 0 Å². The van der Waals surface area contributed by atoms with Gasteiger partial charge in [-0.05, 0) is 23.6 Å². The predicted octanol–water partition coefficient (Wildman–Crippen LogP) is 3.82. The Morgan fingerprint density at radius 2 is 2.00 bits per heavy atom. The van der Waals surface area contributed by atoms with Crippen LogP contribution in [0.2, 0.25) is 0 Å². The smallest absolute Gasteiger partial charge is 0.201 e. The standard InChI is InChI=1S/C10H6F2OS/c11-8-2-1-3-9(10(8)12)13-7-4-5-14-6-7/h1-6H. The predicted molar refractivity (Wildman–Crippen MR) is 50.8 cm³/mol. The van der Waals surface area contributed by atoms with Gasteiger partial charge in [0, 0.05) is 5.38 Å². The van der Waals surface area contributed by atoms with Crippen molar-refractivity contribution in [3.8, 4) is 11.5 Å². The molecule has 2 aromatic rings. The molecular weight excluding hydrogens is 206 g/mol. The first-order valence-corrected chi connectivity index (χ1v) is 4.86. The van der Waals surface area contributed by atoms with Gasteiger partial charge in [-0.25, -0.2) is 4.39 Å². The summed E-state index contributed by atoms with van der Waals surface area (Å²) in [6.45, 7) is 0. The summed E-state index contributed by atoms with van der Waals surface area (Å²) in [5.74, 6) is -1.45. The topological polar surface area (TPSA) is 9.23 Å². The van der Waals surface area contributed by atoms with Gasteiger partial charge in [-0.2, -0.15) is 4.39 Å². The average Bonchev–Trinajstić information content (AvgIpc) is 2.66. The van der Waals surface area contributed by atoms with E-state index in [1.165, 1.54) is 23.5 Å². The second-order valence-corrected chi connectivity index (χ2v) is 3.39. The van der Waals surface area contributed by atoms with E-state index in [1.54, 1.807) is 16.8 Å². The van der Waals surface area contributed by atoms with Crippen molar-refractivity contribution < 1.29 is 13.5 Å². The van der Waals surface area contributed by atoms with Gasteiger partial charge in [0.15, 0.2) is 11.6 Å². The lowest BCUT2D eigenvalue weighted by Gasteiger charge is -2.04. The summed E-state index contributed by atoms with van der Waals surface area (Å²) >= 11 is 1.43. The van der Waals surface area contributed by atoms with E-state index in [0.717, 1.165) is 6.07 Å². The molecule has 0 bridgehead atoms. The van der Waals surface area contributed by atoms with Gasteiger partial charge in [-0.15, -0.1) is 11.3 Å². The molecule has 72 valence electrons. The van der Waals surface area contributed by atoms with Crippen molar-refractivity contribution in [1.82, 2.24) is 0 Å². The molecule has 0 unspecified atom stereocenters. The molecule has 0 saturated carbocycles. The van der Waals surface area contributed by atoms with Gasteiger partial charge in [0.25, 0.3) is 0 Å². The van der Waals surface area contributed by atoms with Gasteiger partial charge in [0.1, 0.15) is 5.75 Å². The highest BCUT2D eigenvalue weighted by Gasteiger charge is 2.09. The lowest BCUT2D eigenvalue weighted by Crippen LogP contribution is -1.89. The lowest BCUT2D eigenvalue weighted by molar-refractivity contribution is 0.417. The van der Waals surface area contributed by atoms with Crippen LogP contribution in [0.15, 0.2) is 35.0 Å². The van der Waals surface area contributed by atoms with E-state index in [9.17, 15) is 8.78 Å². The fraction of sp³-hybridized carbons (Fsp3) is 0. The van der Waals surface area contributed by atoms with Crippen molar-refractivity contribution in [1.29, 1.82) is 0 Å². The van der Waals surface area contributed by atoms with Gasteiger partial charge in [0.05, 0.1) is 0 Å². The van der Waals surface area contributed by atoms with E-state index < -0.39 is 11.6 Å². The summed E-state index contributed by atoms with van der Waals surface area (Å²) in [7, 11) is 0. The van der Waals surface area contributed by atoms with E-state index in [-0.39, 0.29) is 5.75 Å². The zero-order valence-electron chi connectivity index (χ0n) is 7.04. The summed E-state index contributed by atoms with van der Waals surface area (Å²) in [4.78, 5) is 0. The number of thiophene rings is 1. The third-order valence-corrected chi connectivity index (χ3v) is 2.30. The molecule has 1 aromatic heterocycles. The third-order valence-electron chi connectivity index (χ3n) is 1.64.